The normalized spacial score (nSPS) is 12.8. The summed E-state index contributed by atoms with van der Waals surface area (Å²) in [6.07, 6.45) is 5.65. The number of nitrogens with zero attached hydrogens (tertiary/aromatic N) is 3. The number of allylic oxidation sites excluding steroid dienone is 1. The molecule has 1 aromatic carbocycles. The van der Waals surface area contributed by atoms with Gasteiger partial charge in [0.25, 0.3) is 5.69 Å². The molecule has 1 aromatic heterocycles. The first kappa shape index (κ1) is 13.8. The van der Waals surface area contributed by atoms with E-state index in [-0.39, 0.29) is 23.8 Å². The number of aromatic nitrogens is 2. The van der Waals surface area contributed by atoms with Crippen LogP contribution in [0.2, 0.25) is 0 Å². The molecule has 0 atom stereocenters. The van der Waals surface area contributed by atoms with E-state index in [0.29, 0.717) is 17.1 Å². The lowest BCUT2D eigenvalue weighted by Crippen LogP contribution is -1.94. The van der Waals surface area contributed by atoms with E-state index in [9.17, 15) is 14.9 Å². The minimum atomic E-state index is -0.532. The van der Waals surface area contributed by atoms with Gasteiger partial charge in [-0.15, -0.1) is 0 Å². The predicted molar refractivity (Wildman–Crippen MR) is 75.8 cm³/mol. The molecule has 0 radical (unpaired) electrons. The van der Waals surface area contributed by atoms with Crippen molar-refractivity contribution in [3.8, 4) is 11.5 Å². The Balaban J connectivity index is 1.92. The van der Waals surface area contributed by atoms with Gasteiger partial charge in [-0.25, -0.2) is 0 Å². The summed E-state index contributed by atoms with van der Waals surface area (Å²) in [4.78, 5) is 22.6. The number of benzene rings is 1. The minimum absolute atomic E-state index is 0.0221. The Morgan fingerprint density at radius 3 is 2.77 bits per heavy atom. The van der Waals surface area contributed by atoms with Crippen molar-refractivity contribution in [2.45, 2.75) is 0 Å². The monoisotopic (exact) mass is 301 g/mol. The van der Waals surface area contributed by atoms with Crippen LogP contribution < -0.4 is 9.47 Å². The first-order chi connectivity index (χ1) is 10.5. The standard InChI is InChI=1S/C14H11N3O5/c1-16-7-10(6-15-16)12(18)3-2-9-4-13-14(22-8-21-13)5-11(9)17(19)20/h2-7H,8H2,1H3/b3-2+. The van der Waals surface area contributed by atoms with E-state index >= 15 is 0 Å². The van der Waals surface area contributed by atoms with Crippen molar-refractivity contribution in [2.24, 2.45) is 7.05 Å². The lowest BCUT2D eigenvalue weighted by Gasteiger charge is -2.00. The topological polar surface area (TPSA) is 96.5 Å². The summed E-state index contributed by atoms with van der Waals surface area (Å²) in [6, 6.07) is 2.77. The van der Waals surface area contributed by atoms with E-state index in [1.807, 2.05) is 0 Å². The minimum Gasteiger partial charge on any atom is -0.454 e. The van der Waals surface area contributed by atoms with Gasteiger partial charge >= 0.3 is 0 Å². The van der Waals surface area contributed by atoms with Crippen LogP contribution in [-0.2, 0) is 7.05 Å². The molecule has 3 rings (SSSR count). The summed E-state index contributed by atoms with van der Waals surface area (Å²) < 4.78 is 11.8. The molecule has 2 aromatic rings. The van der Waals surface area contributed by atoms with E-state index in [0.717, 1.165) is 0 Å². The number of ketones is 1. The van der Waals surface area contributed by atoms with Crippen molar-refractivity contribution in [3.05, 3.63) is 51.8 Å². The van der Waals surface area contributed by atoms with Gasteiger partial charge in [0, 0.05) is 13.2 Å². The van der Waals surface area contributed by atoms with Crippen molar-refractivity contribution >= 4 is 17.5 Å². The molecule has 0 saturated carbocycles. The van der Waals surface area contributed by atoms with Crippen molar-refractivity contribution in [3.63, 3.8) is 0 Å². The number of rotatable bonds is 4. The van der Waals surface area contributed by atoms with Crippen molar-refractivity contribution in [1.29, 1.82) is 0 Å². The Kier molecular flexibility index (Phi) is 3.34. The van der Waals surface area contributed by atoms with Gasteiger partial charge in [-0.1, -0.05) is 0 Å². The van der Waals surface area contributed by atoms with E-state index in [4.69, 9.17) is 9.47 Å². The summed E-state index contributed by atoms with van der Waals surface area (Å²) in [7, 11) is 1.70. The van der Waals surface area contributed by atoms with Gasteiger partial charge < -0.3 is 9.47 Å². The molecule has 0 bridgehead atoms. The molecule has 8 heteroatoms. The highest BCUT2D eigenvalue weighted by Gasteiger charge is 2.22. The maximum atomic E-state index is 12.0. The average Bonchev–Trinajstić information content (AvgIpc) is 3.11. The van der Waals surface area contributed by atoms with Crippen LogP contribution in [0.15, 0.2) is 30.6 Å². The maximum Gasteiger partial charge on any atom is 0.280 e. The molecule has 2 heterocycles. The fraction of sp³-hybridized carbons (Fsp3) is 0.143. The highest BCUT2D eigenvalue weighted by atomic mass is 16.7. The molecule has 8 nitrogen and oxygen atoms in total. The number of hydrogen-bond donors (Lipinski definition) is 0. The maximum absolute atomic E-state index is 12.0. The lowest BCUT2D eigenvalue weighted by atomic mass is 10.1. The highest BCUT2D eigenvalue weighted by molar-refractivity contribution is 6.06. The highest BCUT2D eigenvalue weighted by Crippen LogP contribution is 2.38. The van der Waals surface area contributed by atoms with Crippen molar-refractivity contribution in [2.75, 3.05) is 6.79 Å². The van der Waals surface area contributed by atoms with Crippen LogP contribution in [0.3, 0.4) is 0 Å². The van der Waals surface area contributed by atoms with Gasteiger partial charge in [0.2, 0.25) is 6.79 Å². The molecule has 1 aliphatic rings. The number of fused-ring (bicyclic) bond motifs is 1. The molecule has 0 fully saturated rings. The molecule has 22 heavy (non-hydrogen) atoms. The fourth-order valence-corrected chi connectivity index (χ4v) is 2.05. The van der Waals surface area contributed by atoms with Crippen LogP contribution in [0.5, 0.6) is 11.5 Å². The number of nitro groups is 1. The van der Waals surface area contributed by atoms with Crippen LogP contribution in [0.1, 0.15) is 15.9 Å². The molecule has 0 amide bonds. The molecule has 0 spiro atoms. The Labute approximate surface area is 124 Å². The first-order valence-corrected chi connectivity index (χ1v) is 6.33. The van der Waals surface area contributed by atoms with Crippen molar-refractivity contribution < 1.29 is 19.2 Å². The second-order valence-electron chi connectivity index (χ2n) is 4.62. The molecule has 1 aliphatic heterocycles. The Morgan fingerprint density at radius 2 is 2.14 bits per heavy atom. The van der Waals surface area contributed by atoms with Gasteiger partial charge in [-0.05, 0) is 18.2 Å². The van der Waals surface area contributed by atoms with Crippen LogP contribution in [-0.4, -0.2) is 27.3 Å². The van der Waals surface area contributed by atoms with Crippen LogP contribution in [0.25, 0.3) is 6.08 Å². The average molecular weight is 301 g/mol. The second-order valence-corrected chi connectivity index (χ2v) is 4.62. The van der Waals surface area contributed by atoms with Crippen molar-refractivity contribution in [1.82, 2.24) is 9.78 Å². The first-order valence-electron chi connectivity index (χ1n) is 6.33. The third-order valence-electron chi connectivity index (χ3n) is 3.12. The Hall–Kier alpha value is -3.16. The second kappa shape index (κ2) is 5.32. The number of ether oxygens (including phenoxy) is 2. The van der Waals surface area contributed by atoms with Crippen LogP contribution in [0.4, 0.5) is 5.69 Å². The van der Waals surface area contributed by atoms with E-state index in [1.54, 1.807) is 13.2 Å². The molecule has 0 aliphatic carbocycles. The number of carbonyl (C=O) groups is 1. The quantitative estimate of drug-likeness (QED) is 0.370. The molecule has 112 valence electrons. The molecule has 0 unspecified atom stereocenters. The molecule has 0 N–H and O–H groups in total. The summed E-state index contributed by atoms with van der Waals surface area (Å²) in [5.74, 6) is 0.446. The zero-order valence-corrected chi connectivity index (χ0v) is 11.6. The van der Waals surface area contributed by atoms with Crippen LogP contribution in [0, 0.1) is 10.1 Å². The smallest absolute Gasteiger partial charge is 0.280 e. The predicted octanol–water partition coefficient (Wildman–Crippen LogP) is 1.95. The zero-order valence-electron chi connectivity index (χ0n) is 11.6. The number of carbonyl (C=O) groups excluding carboxylic acids is 1. The summed E-state index contributed by atoms with van der Waals surface area (Å²) in [5, 5.41) is 15.0. The largest absolute Gasteiger partial charge is 0.454 e. The number of hydrogen-bond acceptors (Lipinski definition) is 6. The summed E-state index contributed by atoms with van der Waals surface area (Å²) in [5.41, 5.74) is 0.521. The lowest BCUT2D eigenvalue weighted by molar-refractivity contribution is -0.385. The zero-order chi connectivity index (χ0) is 15.7. The van der Waals surface area contributed by atoms with Gasteiger partial charge in [-0.2, -0.15) is 5.10 Å². The molecular weight excluding hydrogens is 290 g/mol. The third-order valence-corrected chi connectivity index (χ3v) is 3.12. The Bertz CT molecular complexity index is 794. The third kappa shape index (κ3) is 2.53. The molecular formula is C14H11N3O5. The molecule has 0 saturated heterocycles. The van der Waals surface area contributed by atoms with E-state index < -0.39 is 4.92 Å². The van der Waals surface area contributed by atoms with E-state index in [2.05, 4.69) is 5.10 Å². The number of nitro benzene ring substituents is 1. The summed E-state index contributed by atoms with van der Waals surface area (Å²) >= 11 is 0. The van der Waals surface area contributed by atoms with Gasteiger partial charge in [0.1, 0.15) is 0 Å². The Morgan fingerprint density at radius 1 is 1.41 bits per heavy atom. The number of aryl methyl sites for hydroxylation is 1. The van der Waals surface area contributed by atoms with Gasteiger partial charge in [0.15, 0.2) is 17.3 Å². The van der Waals surface area contributed by atoms with E-state index in [1.165, 1.54) is 35.2 Å². The fourth-order valence-electron chi connectivity index (χ4n) is 2.05. The van der Waals surface area contributed by atoms with Gasteiger partial charge in [0.05, 0.1) is 28.3 Å². The van der Waals surface area contributed by atoms with Crippen LogP contribution >= 0.6 is 0 Å². The SMILES string of the molecule is Cn1cc(C(=O)/C=C/c2cc3c(cc2[N+](=O)[O-])OCO3)cn1. The van der Waals surface area contributed by atoms with Gasteiger partial charge in [-0.3, -0.25) is 19.6 Å². The summed E-state index contributed by atoms with van der Waals surface area (Å²) in [6.45, 7) is 0.0221.